The predicted octanol–water partition coefficient (Wildman–Crippen LogP) is 0.596. The highest BCUT2D eigenvalue weighted by atomic mass is 16.2. The summed E-state index contributed by atoms with van der Waals surface area (Å²) in [5.74, 6) is -0.327. The van der Waals surface area contributed by atoms with Gasteiger partial charge in [0.2, 0.25) is 0 Å². The van der Waals surface area contributed by atoms with E-state index in [2.05, 4.69) is 0 Å². The molecule has 0 spiro atoms. The molecule has 2 N–H and O–H groups in total. The van der Waals surface area contributed by atoms with Gasteiger partial charge in [-0.2, -0.15) is 0 Å². The van der Waals surface area contributed by atoms with E-state index in [9.17, 15) is 14.4 Å². The van der Waals surface area contributed by atoms with Gasteiger partial charge in [0.05, 0.1) is 6.54 Å². The average Bonchev–Trinajstić information content (AvgIpc) is 3.04. The molecule has 1 aromatic rings. The van der Waals surface area contributed by atoms with Crippen LogP contribution in [0, 0.1) is 0 Å². The first-order chi connectivity index (χ1) is 10.9. The van der Waals surface area contributed by atoms with E-state index in [1.807, 2.05) is 18.9 Å². The highest BCUT2D eigenvalue weighted by Gasteiger charge is 2.25. The van der Waals surface area contributed by atoms with Crippen LogP contribution < -0.4 is 17.0 Å². The molecule has 1 saturated carbocycles. The van der Waals surface area contributed by atoms with Gasteiger partial charge >= 0.3 is 5.69 Å². The van der Waals surface area contributed by atoms with Crippen LogP contribution in [0.1, 0.15) is 49.4 Å². The number of nitrogens with zero attached hydrogens (tertiary/aromatic N) is 3. The maximum atomic E-state index is 12.6. The van der Waals surface area contributed by atoms with Crippen molar-refractivity contribution in [1.82, 2.24) is 14.0 Å². The molecule has 1 fully saturated rings. The van der Waals surface area contributed by atoms with Crippen molar-refractivity contribution in [2.75, 3.05) is 19.3 Å². The third-order valence-electron chi connectivity index (χ3n) is 4.65. The van der Waals surface area contributed by atoms with E-state index in [0.29, 0.717) is 19.0 Å². The summed E-state index contributed by atoms with van der Waals surface area (Å²) in [5, 5.41) is 0. The zero-order chi connectivity index (χ0) is 17.1. The Morgan fingerprint density at radius 1 is 1.30 bits per heavy atom. The van der Waals surface area contributed by atoms with Crippen LogP contribution in [-0.4, -0.2) is 39.5 Å². The predicted molar refractivity (Wildman–Crippen MR) is 89.9 cm³/mol. The zero-order valence-electron chi connectivity index (χ0n) is 14.2. The number of rotatable bonds is 6. The maximum Gasteiger partial charge on any atom is 0.332 e. The molecule has 1 aliphatic carbocycles. The number of likely N-dealkylation sites (N-methyl/N-ethyl adjacent to an activating group) is 1. The van der Waals surface area contributed by atoms with Gasteiger partial charge in [0.1, 0.15) is 11.4 Å². The summed E-state index contributed by atoms with van der Waals surface area (Å²) in [4.78, 5) is 39.1. The molecule has 23 heavy (non-hydrogen) atoms. The summed E-state index contributed by atoms with van der Waals surface area (Å²) < 4.78 is 2.28. The zero-order valence-corrected chi connectivity index (χ0v) is 14.2. The van der Waals surface area contributed by atoms with Gasteiger partial charge in [-0.15, -0.1) is 0 Å². The summed E-state index contributed by atoms with van der Waals surface area (Å²) in [6.07, 6.45) is 5.19. The first kappa shape index (κ1) is 17.5. The average molecular weight is 322 g/mol. The second-order valence-corrected chi connectivity index (χ2v) is 6.34. The monoisotopic (exact) mass is 322 g/mol. The molecule has 1 aromatic heterocycles. The molecule has 2 rings (SSSR count). The molecule has 0 amide bonds. The van der Waals surface area contributed by atoms with E-state index in [0.717, 1.165) is 17.4 Å². The molecule has 0 unspecified atom stereocenters. The molecule has 1 aliphatic rings. The minimum Gasteiger partial charge on any atom is -0.384 e. The van der Waals surface area contributed by atoms with Crippen LogP contribution in [0.4, 0.5) is 5.82 Å². The minimum absolute atomic E-state index is 0.00947. The number of aromatic nitrogens is 2. The van der Waals surface area contributed by atoms with Crippen molar-refractivity contribution in [1.29, 1.82) is 0 Å². The molecular weight excluding hydrogens is 296 g/mol. The smallest absolute Gasteiger partial charge is 0.332 e. The lowest BCUT2D eigenvalue weighted by Gasteiger charge is -2.23. The Morgan fingerprint density at radius 2 is 1.91 bits per heavy atom. The van der Waals surface area contributed by atoms with Crippen LogP contribution in [0.5, 0.6) is 0 Å². The number of hydrogen-bond donors (Lipinski definition) is 1. The SMILES string of the molecule is CCCn1c(N)c(C(=O)CN(C)C2CCCC2)c(=O)n(C)c1=O. The summed E-state index contributed by atoms with van der Waals surface area (Å²) in [6.45, 7) is 2.44. The molecule has 7 nitrogen and oxygen atoms in total. The number of ketones is 1. The standard InChI is InChI=1S/C16H26N4O3/c1-4-9-20-14(17)13(15(22)19(3)16(20)23)12(21)10-18(2)11-7-5-6-8-11/h11H,4-10,17H2,1-3H3. The largest absolute Gasteiger partial charge is 0.384 e. The Hall–Kier alpha value is -1.89. The third kappa shape index (κ3) is 3.39. The third-order valence-corrected chi connectivity index (χ3v) is 4.65. The summed E-state index contributed by atoms with van der Waals surface area (Å²) in [5.41, 5.74) is 4.83. The second-order valence-electron chi connectivity index (χ2n) is 6.34. The lowest BCUT2D eigenvalue weighted by Crippen LogP contribution is -2.44. The van der Waals surface area contributed by atoms with Crippen molar-refractivity contribution in [3.05, 3.63) is 26.4 Å². The van der Waals surface area contributed by atoms with Crippen LogP contribution in [0.25, 0.3) is 0 Å². The van der Waals surface area contributed by atoms with Gasteiger partial charge in [0, 0.05) is 19.6 Å². The van der Waals surface area contributed by atoms with Crippen molar-refractivity contribution in [3.8, 4) is 0 Å². The summed E-state index contributed by atoms with van der Waals surface area (Å²) >= 11 is 0. The first-order valence-corrected chi connectivity index (χ1v) is 8.21. The van der Waals surface area contributed by atoms with Gasteiger partial charge in [-0.3, -0.25) is 23.6 Å². The quantitative estimate of drug-likeness (QED) is 0.774. The molecule has 0 bridgehead atoms. The molecule has 0 aliphatic heterocycles. The van der Waals surface area contributed by atoms with E-state index in [1.54, 1.807) is 0 Å². The lowest BCUT2D eigenvalue weighted by atomic mass is 10.1. The van der Waals surface area contributed by atoms with E-state index in [4.69, 9.17) is 5.73 Å². The Bertz CT molecular complexity index is 699. The molecule has 128 valence electrons. The fraction of sp³-hybridized carbons (Fsp3) is 0.688. The number of nitrogen functional groups attached to an aromatic ring is 1. The Morgan fingerprint density at radius 3 is 2.48 bits per heavy atom. The first-order valence-electron chi connectivity index (χ1n) is 8.21. The summed E-state index contributed by atoms with van der Waals surface area (Å²) in [7, 11) is 3.28. The molecule has 1 heterocycles. The van der Waals surface area contributed by atoms with Crippen molar-refractivity contribution < 1.29 is 4.79 Å². The highest BCUT2D eigenvalue weighted by Crippen LogP contribution is 2.22. The van der Waals surface area contributed by atoms with Gasteiger partial charge in [0.25, 0.3) is 5.56 Å². The number of Topliss-reactive ketones (excluding diaryl/α,β-unsaturated/α-hetero) is 1. The van der Waals surface area contributed by atoms with Crippen LogP contribution in [0.2, 0.25) is 0 Å². The highest BCUT2D eigenvalue weighted by molar-refractivity contribution is 6.01. The van der Waals surface area contributed by atoms with Crippen molar-refractivity contribution in [2.24, 2.45) is 7.05 Å². The Labute approximate surface area is 135 Å². The number of carbonyl (C=O) groups excluding carboxylic acids is 1. The van der Waals surface area contributed by atoms with Crippen LogP contribution in [-0.2, 0) is 13.6 Å². The maximum absolute atomic E-state index is 12.6. The Balaban J connectivity index is 2.36. The van der Waals surface area contributed by atoms with Gasteiger partial charge in [-0.05, 0) is 26.3 Å². The fourth-order valence-corrected chi connectivity index (χ4v) is 3.26. The van der Waals surface area contributed by atoms with Crippen LogP contribution in [0.15, 0.2) is 9.59 Å². The van der Waals surface area contributed by atoms with Crippen LogP contribution in [0.3, 0.4) is 0 Å². The van der Waals surface area contributed by atoms with Gasteiger partial charge in [0.15, 0.2) is 5.78 Å². The molecule has 0 radical (unpaired) electrons. The number of anilines is 1. The topological polar surface area (TPSA) is 90.3 Å². The van der Waals surface area contributed by atoms with E-state index < -0.39 is 11.2 Å². The van der Waals surface area contributed by atoms with E-state index in [1.165, 1.54) is 24.5 Å². The second kappa shape index (κ2) is 7.12. The van der Waals surface area contributed by atoms with Gasteiger partial charge < -0.3 is 5.73 Å². The van der Waals surface area contributed by atoms with Crippen molar-refractivity contribution >= 4 is 11.6 Å². The molecular formula is C16H26N4O3. The lowest BCUT2D eigenvalue weighted by molar-refractivity contribution is 0.0919. The molecule has 0 aromatic carbocycles. The number of nitrogens with two attached hydrogens (primary N) is 1. The van der Waals surface area contributed by atoms with Gasteiger partial charge in [-0.25, -0.2) is 4.79 Å². The minimum atomic E-state index is -0.607. The van der Waals surface area contributed by atoms with E-state index in [-0.39, 0.29) is 23.7 Å². The van der Waals surface area contributed by atoms with E-state index >= 15 is 0 Å². The van der Waals surface area contributed by atoms with Crippen molar-refractivity contribution in [3.63, 3.8) is 0 Å². The normalized spacial score (nSPS) is 15.5. The molecule has 0 saturated heterocycles. The van der Waals surface area contributed by atoms with Gasteiger partial charge in [-0.1, -0.05) is 19.8 Å². The summed E-state index contributed by atoms with van der Waals surface area (Å²) in [6, 6.07) is 0.380. The fourth-order valence-electron chi connectivity index (χ4n) is 3.26. The Kier molecular flexibility index (Phi) is 5.41. The van der Waals surface area contributed by atoms with Crippen LogP contribution >= 0.6 is 0 Å². The number of hydrogen-bond acceptors (Lipinski definition) is 5. The molecule has 0 atom stereocenters. The number of carbonyl (C=O) groups is 1. The molecule has 7 heteroatoms. The van der Waals surface area contributed by atoms with Crippen molar-refractivity contribution in [2.45, 2.75) is 51.6 Å².